The Morgan fingerprint density at radius 2 is 1.04 bits per heavy atom. The lowest BCUT2D eigenvalue weighted by Gasteiger charge is -2.12. The molecule has 6 aromatic heterocycles. The number of carboxylic acid groups (broad SMARTS) is 1. The van der Waals surface area contributed by atoms with Crippen LogP contribution in [0.15, 0.2) is 145 Å². The molecule has 0 unspecified atom stereocenters. The van der Waals surface area contributed by atoms with E-state index >= 15 is 0 Å². The highest BCUT2D eigenvalue weighted by Crippen LogP contribution is 2.36. The van der Waals surface area contributed by atoms with Crippen LogP contribution >= 0.6 is 22.7 Å². The number of ether oxygens (including phenoxy) is 4. The number of H-pyrrole nitrogens is 2. The third-order valence-electron chi connectivity index (χ3n) is 11.6. The number of aromatic amines is 2. The number of hydrogen-bond donors (Lipinski definition) is 7. The van der Waals surface area contributed by atoms with Gasteiger partial charge < -0.3 is 45.7 Å². The number of carbonyl (C=O) groups is 2. The van der Waals surface area contributed by atoms with Crippen molar-refractivity contribution in [1.82, 2.24) is 50.3 Å². The monoisotopic (exact) mass is 1060 g/mol. The van der Waals surface area contributed by atoms with Gasteiger partial charge in [0.05, 0.1) is 68.5 Å². The first kappa shape index (κ1) is 50.3. The Morgan fingerprint density at radius 3 is 1.57 bits per heavy atom. The topological polar surface area (TPSA) is 288 Å². The maximum absolute atomic E-state index is 13.0. The van der Waals surface area contributed by atoms with Gasteiger partial charge in [0.15, 0.2) is 46.3 Å². The Morgan fingerprint density at radius 1 is 0.545 bits per heavy atom. The molecule has 0 atom stereocenters. The van der Waals surface area contributed by atoms with Gasteiger partial charge in [-0.2, -0.15) is 10.2 Å². The van der Waals surface area contributed by atoms with E-state index in [2.05, 4.69) is 56.3 Å². The molecule has 6 aromatic carbocycles. The fraction of sp³-hybridized carbons (Fsp3) is 0.0741. The van der Waals surface area contributed by atoms with Gasteiger partial charge in [-0.3, -0.25) is 15.0 Å². The Hall–Kier alpha value is -10.3. The Labute approximate surface area is 445 Å². The molecule has 6 heterocycles. The van der Waals surface area contributed by atoms with Crippen molar-refractivity contribution in [3.63, 3.8) is 0 Å². The number of thiazole rings is 2. The number of aromatic carboxylic acids is 1. The number of fused-ring (bicyclic) bond motifs is 4. The molecule has 8 N–H and O–H groups in total. The zero-order valence-electron chi connectivity index (χ0n) is 41.2. The van der Waals surface area contributed by atoms with Gasteiger partial charge in [0, 0.05) is 62.3 Å². The van der Waals surface area contributed by atoms with Gasteiger partial charge in [0.1, 0.15) is 20.7 Å². The number of nitrogens with one attached hydrogen (secondary N) is 5. The van der Waals surface area contributed by atoms with Crippen molar-refractivity contribution in [2.45, 2.75) is 0 Å². The molecule has 0 bridgehead atoms. The van der Waals surface area contributed by atoms with Crippen LogP contribution in [0.1, 0.15) is 20.7 Å². The minimum atomic E-state index is -1.01. The highest BCUT2D eigenvalue weighted by atomic mass is 32.1. The van der Waals surface area contributed by atoms with Crippen molar-refractivity contribution in [2.24, 2.45) is 0 Å². The largest absolute Gasteiger partial charge is 0.493 e. The second kappa shape index (κ2) is 22.5. The SMILES string of the molecule is COc1ccc(Nc2nc(-c3cccc(C(=O)Nc4ccc5[nH]ncc5c4)c3)nc3scnc23)cc1OC.COc1ccc(Nc2nc(-c3cccc(C(=O)O)c3)nc3scnc23)cc1OC.Nc1ccc2[nH]ncc2c1. The van der Waals surface area contributed by atoms with Gasteiger partial charge in [-0.15, -0.1) is 22.7 Å². The lowest BCUT2D eigenvalue weighted by Crippen LogP contribution is -2.12. The average molecular weight is 1070 g/mol. The third-order valence-corrected chi connectivity index (χ3v) is 13.0. The first-order valence-electron chi connectivity index (χ1n) is 23.1. The number of nitrogens with zero attached hydrogens (tertiary/aromatic N) is 8. The van der Waals surface area contributed by atoms with E-state index in [-0.39, 0.29) is 11.5 Å². The van der Waals surface area contributed by atoms with E-state index in [1.807, 2.05) is 72.8 Å². The molecule has 0 aliphatic rings. The minimum Gasteiger partial charge on any atom is -0.493 e. The van der Waals surface area contributed by atoms with Gasteiger partial charge in [0.25, 0.3) is 5.91 Å². The van der Waals surface area contributed by atoms with Crippen LogP contribution in [0.5, 0.6) is 23.0 Å². The number of hydrogen-bond acceptors (Lipinski definition) is 19. The summed E-state index contributed by atoms with van der Waals surface area (Å²) in [5, 5.41) is 34.4. The number of aromatic nitrogens is 10. The van der Waals surface area contributed by atoms with Gasteiger partial charge in [-0.05, 0) is 84.9 Å². The van der Waals surface area contributed by atoms with Crippen LogP contribution in [0.25, 0.3) is 65.3 Å². The Balaban J connectivity index is 0.000000151. The van der Waals surface area contributed by atoms with E-state index in [9.17, 15) is 14.7 Å². The first-order valence-corrected chi connectivity index (χ1v) is 24.9. The van der Waals surface area contributed by atoms with Crippen LogP contribution in [-0.4, -0.2) is 95.7 Å². The zero-order valence-corrected chi connectivity index (χ0v) is 42.9. The summed E-state index contributed by atoms with van der Waals surface area (Å²) in [6.07, 6.45) is 3.47. The maximum atomic E-state index is 13.0. The van der Waals surface area contributed by atoms with E-state index in [4.69, 9.17) is 34.6 Å². The molecule has 23 heteroatoms. The molecule has 0 spiro atoms. The summed E-state index contributed by atoms with van der Waals surface area (Å²) in [6.45, 7) is 0. The fourth-order valence-corrected chi connectivity index (χ4v) is 9.15. The number of nitrogen functional groups attached to an aromatic ring is 1. The van der Waals surface area contributed by atoms with Crippen LogP contribution in [0.2, 0.25) is 0 Å². The zero-order chi connectivity index (χ0) is 53.4. The van der Waals surface area contributed by atoms with Crippen LogP contribution < -0.4 is 40.6 Å². The normalized spacial score (nSPS) is 10.8. The summed E-state index contributed by atoms with van der Waals surface area (Å²) in [4.78, 5) is 53.1. The summed E-state index contributed by atoms with van der Waals surface area (Å²) in [5.74, 6) is 3.10. The predicted octanol–water partition coefficient (Wildman–Crippen LogP) is 11.0. The van der Waals surface area contributed by atoms with Gasteiger partial charge in [-0.1, -0.05) is 24.3 Å². The molecule has 0 saturated heterocycles. The molecule has 0 fully saturated rings. The number of carboxylic acids is 1. The van der Waals surface area contributed by atoms with Crippen LogP contribution in [-0.2, 0) is 0 Å². The minimum absolute atomic E-state index is 0.171. The molecular formula is C54H44N14O7S2. The van der Waals surface area contributed by atoms with E-state index in [1.54, 1.807) is 94.3 Å². The van der Waals surface area contributed by atoms with E-state index in [0.717, 1.165) is 43.7 Å². The summed E-state index contributed by atoms with van der Waals surface area (Å²) in [5.41, 5.74) is 17.1. The number of nitrogens with two attached hydrogens (primary N) is 1. The number of methoxy groups -OCH3 is 4. The number of rotatable bonds is 13. The average Bonchev–Trinajstić information content (AvgIpc) is 4.32. The van der Waals surface area contributed by atoms with E-state index in [1.165, 1.54) is 28.7 Å². The molecule has 0 aliphatic heterocycles. The second-order valence-corrected chi connectivity index (χ2v) is 18.2. The quantitative estimate of drug-likeness (QED) is 0.0528. The van der Waals surface area contributed by atoms with Crippen molar-refractivity contribution in [1.29, 1.82) is 0 Å². The molecule has 77 heavy (non-hydrogen) atoms. The predicted molar refractivity (Wildman–Crippen MR) is 298 cm³/mol. The molecule has 12 aromatic rings. The summed E-state index contributed by atoms with van der Waals surface area (Å²) in [7, 11) is 6.32. The van der Waals surface area contributed by atoms with E-state index in [0.29, 0.717) is 84.5 Å². The molecular weight excluding hydrogens is 1020 g/mol. The lowest BCUT2D eigenvalue weighted by atomic mass is 10.1. The molecule has 12 rings (SSSR count). The van der Waals surface area contributed by atoms with Crippen LogP contribution in [0.3, 0.4) is 0 Å². The maximum Gasteiger partial charge on any atom is 0.335 e. The molecule has 21 nitrogen and oxygen atoms in total. The van der Waals surface area contributed by atoms with Crippen LogP contribution in [0.4, 0.5) is 34.4 Å². The second-order valence-electron chi connectivity index (χ2n) is 16.5. The van der Waals surface area contributed by atoms with Crippen molar-refractivity contribution in [3.05, 3.63) is 156 Å². The third kappa shape index (κ3) is 11.3. The van der Waals surface area contributed by atoms with Crippen molar-refractivity contribution in [3.8, 4) is 45.8 Å². The molecule has 0 aliphatic carbocycles. The van der Waals surface area contributed by atoms with Crippen molar-refractivity contribution < 1.29 is 33.6 Å². The summed E-state index contributed by atoms with van der Waals surface area (Å²) < 4.78 is 21.4. The Kier molecular flexibility index (Phi) is 14.7. The summed E-state index contributed by atoms with van der Waals surface area (Å²) in [6, 6.07) is 35.9. The highest BCUT2D eigenvalue weighted by Gasteiger charge is 2.18. The highest BCUT2D eigenvalue weighted by molar-refractivity contribution is 7.16. The number of carbonyl (C=O) groups excluding carboxylic acids is 1. The standard InChI is InChI=1S/C27H21N7O3S.C20H16N4O4S.C7H7N3/c1-36-21-9-7-19(12-22(21)37-2)30-25-23-27(38-14-28-23)33-24(32-25)15-4-3-5-16(10-15)26(35)31-18-6-8-20-17(11-18)13-29-34-20;1-27-14-7-6-13(9-15(14)28-2)22-18-16-19(29-10-21-16)24-17(23-18)11-4-3-5-12(8-11)20(25)26;8-6-1-2-7-5(3-6)4-9-10-7/h3-14H,1-2H3,(H,29,34)(H,31,35)(H,30,32,33);3-10H,1-2H3,(H,25,26)(H,22,23,24);1-4H,8H2,(H,9,10). The fourth-order valence-electron chi connectivity index (χ4n) is 7.83. The van der Waals surface area contributed by atoms with Gasteiger partial charge >= 0.3 is 5.97 Å². The molecule has 0 saturated carbocycles. The van der Waals surface area contributed by atoms with Crippen molar-refractivity contribution >= 4 is 111 Å². The van der Waals surface area contributed by atoms with Gasteiger partial charge in [-0.25, -0.2) is 34.7 Å². The van der Waals surface area contributed by atoms with Gasteiger partial charge in [0.2, 0.25) is 0 Å². The molecule has 0 radical (unpaired) electrons. The number of anilines is 6. The lowest BCUT2D eigenvalue weighted by molar-refractivity contribution is 0.0696. The first-order chi connectivity index (χ1) is 37.6. The smallest absolute Gasteiger partial charge is 0.335 e. The summed E-state index contributed by atoms with van der Waals surface area (Å²) >= 11 is 2.80. The Bertz CT molecular complexity index is 4100. The van der Waals surface area contributed by atoms with Crippen molar-refractivity contribution in [2.75, 3.05) is 50.1 Å². The molecule has 1 amide bonds. The number of benzene rings is 6. The molecule has 384 valence electrons. The van der Waals surface area contributed by atoms with Crippen LogP contribution in [0, 0.1) is 0 Å². The number of amides is 1. The van der Waals surface area contributed by atoms with E-state index < -0.39 is 5.97 Å².